The van der Waals surface area contributed by atoms with Gasteiger partial charge in [-0.2, -0.15) is 5.26 Å². The molecule has 1 aromatic carbocycles. The molecule has 2 aromatic rings. The van der Waals surface area contributed by atoms with Crippen LogP contribution in [0.1, 0.15) is 5.69 Å². The van der Waals surface area contributed by atoms with E-state index in [1.165, 1.54) is 7.11 Å². The molecule has 1 heterocycles. The Balaban J connectivity index is 2.55. The van der Waals surface area contributed by atoms with Crippen LogP contribution in [0.3, 0.4) is 0 Å². The quantitative estimate of drug-likeness (QED) is 0.762. The summed E-state index contributed by atoms with van der Waals surface area (Å²) in [7, 11) is 1.52. The maximum absolute atomic E-state index is 8.69. The molecule has 6 heteroatoms. The molecule has 0 spiro atoms. The van der Waals surface area contributed by atoms with E-state index in [-0.39, 0.29) is 6.42 Å². The zero-order chi connectivity index (χ0) is 14.7. The van der Waals surface area contributed by atoms with Crippen LogP contribution in [0, 0.1) is 11.3 Å². The number of nitrogens with zero attached hydrogens (tertiary/aromatic N) is 2. The van der Waals surface area contributed by atoms with Crippen molar-refractivity contribution in [2.24, 2.45) is 0 Å². The Morgan fingerprint density at radius 3 is 2.40 bits per heavy atom. The molecule has 2 rings (SSSR count). The molecule has 0 saturated heterocycles. The molecule has 0 amide bonds. The summed E-state index contributed by atoms with van der Waals surface area (Å²) in [6.45, 7) is 0. The molecule has 0 fully saturated rings. The number of rotatable bonds is 3. The van der Waals surface area contributed by atoms with Crippen LogP contribution in [0.4, 0.5) is 0 Å². The summed E-state index contributed by atoms with van der Waals surface area (Å²) in [5, 5.41) is 9.72. The zero-order valence-corrected chi connectivity index (χ0v) is 12.7. The van der Waals surface area contributed by atoms with Gasteiger partial charge in [0.1, 0.15) is 0 Å². The van der Waals surface area contributed by atoms with Gasteiger partial charge in [-0.15, -0.1) is 0 Å². The van der Waals surface area contributed by atoms with E-state index in [1.807, 2.05) is 12.1 Å². The Bertz CT molecular complexity index is 672. The van der Waals surface area contributed by atoms with Gasteiger partial charge in [-0.05, 0) is 29.8 Å². The number of ether oxygens (including phenoxy) is 1. The molecular weight excluding hydrogens is 319 g/mol. The molecule has 0 aliphatic carbocycles. The molecule has 0 bridgehead atoms. The van der Waals surface area contributed by atoms with Crippen molar-refractivity contribution in [1.29, 1.82) is 5.26 Å². The van der Waals surface area contributed by atoms with Crippen LogP contribution in [-0.4, -0.2) is 12.1 Å². The second-order valence-corrected chi connectivity index (χ2v) is 5.14. The highest BCUT2D eigenvalue weighted by Gasteiger charge is 2.13. The number of methoxy groups -OCH3 is 1. The topological polar surface area (TPSA) is 45.9 Å². The molecule has 0 aliphatic rings. The maximum atomic E-state index is 8.69. The third-order valence-corrected chi connectivity index (χ3v) is 3.86. The predicted molar refractivity (Wildman–Crippen MR) is 80.6 cm³/mol. The first-order valence-corrected chi connectivity index (χ1v) is 6.76. The van der Waals surface area contributed by atoms with Crippen molar-refractivity contribution < 1.29 is 4.74 Å². The molecule has 0 radical (unpaired) electrons. The fraction of sp³-hybridized carbons (Fsp3) is 0.143. The number of aromatic nitrogens is 1. The van der Waals surface area contributed by atoms with Gasteiger partial charge in [-0.3, -0.25) is 0 Å². The number of pyridine rings is 1. The summed E-state index contributed by atoms with van der Waals surface area (Å²) in [5.41, 5.74) is 2.12. The minimum absolute atomic E-state index is 0.221. The van der Waals surface area contributed by atoms with Gasteiger partial charge in [0, 0.05) is 5.56 Å². The Kier molecular flexibility index (Phi) is 4.72. The van der Waals surface area contributed by atoms with Gasteiger partial charge in [0.05, 0.1) is 40.4 Å². The Labute approximate surface area is 131 Å². The summed E-state index contributed by atoms with van der Waals surface area (Å²) in [4.78, 5) is 4.28. The molecule has 0 saturated carbocycles. The molecule has 0 atom stereocenters. The van der Waals surface area contributed by atoms with Gasteiger partial charge in [-0.25, -0.2) is 4.98 Å². The molecular formula is C14H9Cl3N2O. The van der Waals surface area contributed by atoms with Crippen molar-refractivity contribution in [3.8, 4) is 23.1 Å². The number of benzene rings is 1. The summed E-state index contributed by atoms with van der Waals surface area (Å²) >= 11 is 18.0. The lowest BCUT2D eigenvalue weighted by Crippen LogP contribution is -1.96. The number of hydrogen-bond donors (Lipinski definition) is 0. The predicted octanol–water partition coefficient (Wildman–Crippen LogP) is 4.78. The fourth-order valence-electron chi connectivity index (χ4n) is 1.74. The molecule has 3 nitrogen and oxygen atoms in total. The molecule has 0 unspecified atom stereocenters. The fourth-order valence-corrected chi connectivity index (χ4v) is 2.34. The van der Waals surface area contributed by atoms with Crippen LogP contribution in [0.5, 0.6) is 5.88 Å². The molecule has 1 aromatic heterocycles. The average molecular weight is 328 g/mol. The second kappa shape index (κ2) is 6.32. The maximum Gasteiger partial charge on any atom is 0.221 e. The van der Waals surface area contributed by atoms with E-state index < -0.39 is 0 Å². The van der Waals surface area contributed by atoms with Crippen LogP contribution in [0.2, 0.25) is 15.1 Å². The first-order chi connectivity index (χ1) is 9.56. The van der Waals surface area contributed by atoms with E-state index in [1.54, 1.807) is 18.2 Å². The highest BCUT2D eigenvalue weighted by molar-refractivity contribution is 6.48. The van der Waals surface area contributed by atoms with Crippen molar-refractivity contribution >= 4 is 34.8 Å². The van der Waals surface area contributed by atoms with Crippen molar-refractivity contribution in [3.05, 3.63) is 45.0 Å². The SMILES string of the molecule is COc1nc(CC#N)ccc1-c1cc(Cl)c(Cl)c(Cl)c1. The molecule has 102 valence electrons. The summed E-state index contributed by atoms with van der Waals surface area (Å²) < 4.78 is 5.26. The van der Waals surface area contributed by atoms with Gasteiger partial charge >= 0.3 is 0 Å². The van der Waals surface area contributed by atoms with Crippen LogP contribution >= 0.6 is 34.8 Å². The first kappa shape index (κ1) is 14.9. The van der Waals surface area contributed by atoms with Crippen molar-refractivity contribution in [3.63, 3.8) is 0 Å². The van der Waals surface area contributed by atoms with Gasteiger partial charge in [0.2, 0.25) is 5.88 Å². The minimum atomic E-state index is 0.221. The standard InChI is InChI=1S/C14H9Cl3N2O/c1-20-14-10(3-2-9(19-14)4-5-18)8-6-11(15)13(17)12(16)7-8/h2-3,6-7H,4H2,1H3. The Morgan fingerprint density at radius 2 is 1.85 bits per heavy atom. The Morgan fingerprint density at radius 1 is 1.20 bits per heavy atom. The van der Waals surface area contributed by atoms with Crippen molar-refractivity contribution in [1.82, 2.24) is 4.98 Å². The van der Waals surface area contributed by atoms with Gasteiger partial charge in [-0.1, -0.05) is 34.8 Å². The number of nitriles is 1. The molecule has 0 N–H and O–H groups in total. The van der Waals surface area contributed by atoms with Gasteiger partial charge < -0.3 is 4.74 Å². The van der Waals surface area contributed by atoms with E-state index in [4.69, 9.17) is 44.8 Å². The van der Waals surface area contributed by atoms with Crippen LogP contribution in [0.15, 0.2) is 24.3 Å². The molecule has 20 heavy (non-hydrogen) atoms. The Hall–Kier alpha value is -1.47. The summed E-state index contributed by atoms with van der Waals surface area (Å²) in [5.74, 6) is 0.409. The second-order valence-electron chi connectivity index (χ2n) is 3.95. The summed E-state index contributed by atoms with van der Waals surface area (Å²) in [6.07, 6.45) is 0.221. The van der Waals surface area contributed by atoms with Crippen molar-refractivity contribution in [2.75, 3.05) is 7.11 Å². The highest BCUT2D eigenvalue weighted by atomic mass is 35.5. The van der Waals surface area contributed by atoms with Gasteiger partial charge in [0.15, 0.2) is 0 Å². The largest absolute Gasteiger partial charge is 0.481 e. The third-order valence-electron chi connectivity index (χ3n) is 2.67. The zero-order valence-electron chi connectivity index (χ0n) is 10.5. The smallest absolute Gasteiger partial charge is 0.221 e. The number of halogens is 3. The van der Waals surface area contributed by atoms with E-state index in [0.717, 1.165) is 11.1 Å². The number of hydrogen-bond acceptors (Lipinski definition) is 3. The molecule has 0 aliphatic heterocycles. The lowest BCUT2D eigenvalue weighted by molar-refractivity contribution is 0.398. The van der Waals surface area contributed by atoms with E-state index >= 15 is 0 Å². The van der Waals surface area contributed by atoms with Crippen LogP contribution < -0.4 is 4.74 Å². The van der Waals surface area contributed by atoms with Crippen LogP contribution in [0.25, 0.3) is 11.1 Å². The highest BCUT2D eigenvalue weighted by Crippen LogP contribution is 2.37. The monoisotopic (exact) mass is 326 g/mol. The summed E-state index contributed by atoms with van der Waals surface area (Å²) in [6, 6.07) is 9.01. The van der Waals surface area contributed by atoms with Gasteiger partial charge in [0.25, 0.3) is 0 Å². The van der Waals surface area contributed by atoms with E-state index in [9.17, 15) is 0 Å². The normalized spacial score (nSPS) is 10.2. The van der Waals surface area contributed by atoms with Crippen LogP contribution in [-0.2, 0) is 6.42 Å². The third kappa shape index (κ3) is 2.99. The van der Waals surface area contributed by atoms with Crippen molar-refractivity contribution in [2.45, 2.75) is 6.42 Å². The first-order valence-electron chi connectivity index (χ1n) is 5.62. The lowest BCUT2D eigenvalue weighted by atomic mass is 10.1. The minimum Gasteiger partial charge on any atom is -0.481 e. The average Bonchev–Trinajstić information content (AvgIpc) is 2.44. The lowest BCUT2D eigenvalue weighted by Gasteiger charge is -2.10. The van der Waals surface area contributed by atoms with E-state index in [0.29, 0.717) is 26.6 Å². The van der Waals surface area contributed by atoms with E-state index in [2.05, 4.69) is 4.98 Å².